The van der Waals surface area contributed by atoms with E-state index < -0.39 is 5.92 Å². The Morgan fingerprint density at radius 3 is 2.79 bits per heavy atom. The molecule has 14 heavy (non-hydrogen) atoms. The van der Waals surface area contributed by atoms with Gasteiger partial charge in [0.2, 0.25) is 5.92 Å². The lowest BCUT2D eigenvalue weighted by molar-refractivity contribution is -0.114. The minimum Gasteiger partial charge on any atom is -0.252 e. The number of halogens is 3. The van der Waals surface area contributed by atoms with E-state index in [0.717, 1.165) is 0 Å². The van der Waals surface area contributed by atoms with Crippen molar-refractivity contribution in [3.8, 4) is 0 Å². The fourth-order valence-corrected chi connectivity index (χ4v) is 1.79. The fourth-order valence-electron chi connectivity index (χ4n) is 1.67. The van der Waals surface area contributed by atoms with Crippen molar-refractivity contribution in [2.45, 2.75) is 31.2 Å². The van der Waals surface area contributed by atoms with Gasteiger partial charge in [-0.3, -0.25) is 4.68 Å². The zero-order valence-corrected chi connectivity index (χ0v) is 8.21. The summed E-state index contributed by atoms with van der Waals surface area (Å²) in [5, 5.41) is 7.57. The smallest absolute Gasteiger partial charge is 0.248 e. The van der Waals surface area contributed by atoms with Crippen molar-refractivity contribution >= 4 is 11.6 Å². The molecule has 0 spiro atoms. The highest BCUT2D eigenvalue weighted by atomic mass is 35.5. The van der Waals surface area contributed by atoms with Crippen LogP contribution >= 0.6 is 11.6 Å². The molecular formula is C8H10ClF2N3. The van der Waals surface area contributed by atoms with E-state index in [9.17, 15) is 8.78 Å². The van der Waals surface area contributed by atoms with Crippen LogP contribution in [0.5, 0.6) is 0 Å². The number of hydrogen-bond donors (Lipinski definition) is 0. The predicted octanol–water partition coefficient (Wildman–Crippen LogP) is 2.06. The van der Waals surface area contributed by atoms with Crippen LogP contribution in [0.1, 0.15) is 18.5 Å². The van der Waals surface area contributed by atoms with Crippen LogP contribution in [-0.4, -0.2) is 20.9 Å². The Morgan fingerprint density at radius 1 is 1.57 bits per heavy atom. The molecule has 78 valence electrons. The van der Waals surface area contributed by atoms with Crippen molar-refractivity contribution in [1.29, 1.82) is 0 Å². The van der Waals surface area contributed by atoms with Crippen molar-refractivity contribution < 1.29 is 8.78 Å². The Balaban J connectivity index is 1.87. The van der Waals surface area contributed by atoms with Gasteiger partial charge in [0.25, 0.3) is 0 Å². The van der Waals surface area contributed by atoms with Crippen LogP contribution < -0.4 is 0 Å². The van der Waals surface area contributed by atoms with E-state index in [-0.39, 0.29) is 18.8 Å². The molecule has 0 unspecified atom stereocenters. The van der Waals surface area contributed by atoms with E-state index in [4.69, 9.17) is 11.6 Å². The van der Waals surface area contributed by atoms with Gasteiger partial charge in [-0.05, 0) is 5.92 Å². The van der Waals surface area contributed by atoms with Crippen molar-refractivity contribution in [2.24, 2.45) is 5.92 Å². The maximum Gasteiger partial charge on any atom is 0.248 e. The highest BCUT2D eigenvalue weighted by molar-refractivity contribution is 6.16. The first-order chi connectivity index (χ1) is 6.59. The summed E-state index contributed by atoms with van der Waals surface area (Å²) in [6.45, 7) is 0.513. The topological polar surface area (TPSA) is 30.7 Å². The molecular weight excluding hydrogens is 212 g/mol. The largest absolute Gasteiger partial charge is 0.252 e. The van der Waals surface area contributed by atoms with E-state index in [1.807, 2.05) is 0 Å². The molecule has 1 aliphatic carbocycles. The molecule has 3 nitrogen and oxygen atoms in total. The van der Waals surface area contributed by atoms with Crippen LogP contribution in [0, 0.1) is 5.92 Å². The van der Waals surface area contributed by atoms with E-state index in [0.29, 0.717) is 18.1 Å². The molecule has 0 amide bonds. The van der Waals surface area contributed by atoms with Crippen LogP contribution in [0.2, 0.25) is 0 Å². The molecule has 1 saturated carbocycles. The van der Waals surface area contributed by atoms with Gasteiger partial charge >= 0.3 is 0 Å². The number of alkyl halides is 3. The Kier molecular flexibility index (Phi) is 2.43. The van der Waals surface area contributed by atoms with Gasteiger partial charge in [-0.1, -0.05) is 5.21 Å². The minimum atomic E-state index is -2.46. The molecule has 0 bridgehead atoms. The first kappa shape index (κ1) is 9.83. The van der Waals surface area contributed by atoms with Crippen LogP contribution in [0.15, 0.2) is 6.20 Å². The Hall–Kier alpha value is -0.710. The summed E-state index contributed by atoms with van der Waals surface area (Å²) in [5.41, 5.74) is 0.678. The summed E-state index contributed by atoms with van der Waals surface area (Å²) in [6.07, 6.45) is 1.62. The third-order valence-corrected chi connectivity index (χ3v) is 2.62. The highest BCUT2D eigenvalue weighted by Crippen LogP contribution is 2.42. The van der Waals surface area contributed by atoms with Crippen molar-refractivity contribution in [2.75, 3.05) is 0 Å². The molecule has 1 fully saturated rings. The zero-order valence-electron chi connectivity index (χ0n) is 7.46. The Morgan fingerprint density at radius 2 is 2.29 bits per heavy atom. The number of nitrogens with zero attached hydrogens (tertiary/aromatic N) is 3. The van der Waals surface area contributed by atoms with Gasteiger partial charge in [-0.25, -0.2) is 8.78 Å². The molecule has 1 heterocycles. The first-order valence-electron chi connectivity index (χ1n) is 4.42. The van der Waals surface area contributed by atoms with Crippen LogP contribution in [-0.2, 0) is 12.4 Å². The lowest BCUT2D eigenvalue weighted by Crippen LogP contribution is -2.37. The normalized spacial score (nSPS) is 20.8. The van der Waals surface area contributed by atoms with Crippen LogP contribution in [0.3, 0.4) is 0 Å². The highest BCUT2D eigenvalue weighted by Gasteiger charge is 2.45. The first-order valence-corrected chi connectivity index (χ1v) is 4.95. The van der Waals surface area contributed by atoms with E-state index in [2.05, 4.69) is 10.3 Å². The molecule has 1 aliphatic rings. The molecule has 1 aromatic rings. The molecule has 1 aromatic heterocycles. The lowest BCUT2D eigenvalue weighted by Gasteiger charge is -2.34. The number of hydrogen-bond acceptors (Lipinski definition) is 2. The molecule has 6 heteroatoms. The van der Waals surface area contributed by atoms with E-state index >= 15 is 0 Å². The Labute approximate surface area is 85.0 Å². The second-order valence-corrected chi connectivity index (χ2v) is 3.96. The molecule has 0 aromatic carbocycles. The third kappa shape index (κ3) is 2.03. The molecule has 0 saturated heterocycles. The minimum absolute atomic E-state index is 0.0230. The van der Waals surface area contributed by atoms with Gasteiger partial charge in [-0.15, -0.1) is 16.7 Å². The standard InChI is InChI=1S/C8H10ClF2N3/c9-3-7-5-14(13-12-7)4-6-1-8(10,11)2-6/h5-6H,1-4H2. The average Bonchev–Trinajstić information content (AvgIpc) is 2.49. The van der Waals surface area contributed by atoms with Gasteiger partial charge in [0, 0.05) is 25.6 Å². The maximum absolute atomic E-state index is 12.5. The van der Waals surface area contributed by atoms with Gasteiger partial charge < -0.3 is 0 Å². The van der Waals surface area contributed by atoms with Crippen LogP contribution in [0.25, 0.3) is 0 Å². The van der Waals surface area contributed by atoms with Crippen molar-refractivity contribution in [3.63, 3.8) is 0 Å². The van der Waals surface area contributed by atoms with Crippen molar-refractivity contribution in [3.05, 3.63) is 11.9 Å². The molecule has 0 aliphatic heterocycles. The zero-order chi connectivity index (χ0) is 10.2. The third-order valence-electron chi connectivity index (χ3n) is 2.34. The second-order valence-electron chi connectivity index (χ2n) is 3.70. The maximum atomic E-state index is 12.5. The molecule has 0 radical (unpaired) electrons. The average molecular weight is 222 g/mol. The molecule has 2 rings (SSSR count). The predicted molar refractivity (Wildman–Crippen MR) is 47.3 cm³/mol. The van der Waals surface area contributed by atoms with Crippen LogP contribution in [0.4, 0.5) is 8.78 Å². The number of rotatable bonds is 3. The summed E-state index contributed by atoms with van der Waals surface area (Å²) in [4.78, 5) is 0. The Bertz CT molecular complexity index is 318. The van der Waals surface area contributed by atoms with Gasteiger partial charge in [0.15, 0.2) is 0 Å². The van der Waals surface area contributed by atoms with E-state index in [1.54, 1.807) is 10.9 Å². The molecule has 0 atom stereocenters. The summed E-state index contributed by atoms with van der Waals surface area (Å²) >= 11 is 5.53. The SMILES string of the molecule is FC1(F)CC(Cn2cc(CCl)nn2)C1. The van der Waals surface area contributed by atoms with Gasteiger partial charge in [0.05, 0.1) is 11.6 Å². The molecule has 0 N–H and O–H groups in total. The fraction of sp³-hybridized carbons (Fsp3) is 0.750. The summed E-state index contributed by atoms with van der Waals surface area (Å²) in [7, 11) is 0. The summed E-state index contributed by atoms with van der Waals surface area (Å²) in [6, 6.07) is 0. The summed E-state index contributed by atoms with van der Waals surface area (Å²) in [5.74, 6) is -2.13. The monoisotopic (exact) mass is 221 g/mol. The van der Waals surface area contributed by atoms with Gasteiger partial charge in [-0.2, -0.15) is 0 Å². The van der Waals surface area contributed by atoms with Crippen molar-refractivity contribution in [1.82, 2.24) is 15.0 Å². The second kappa shape index (κ2) is 3.46. The summed E-state index contributed by atoms with van der Waals surface area (Å²) < 4.78 is 26.6. The van der Waals surface area contributed by atoms with Gasteiger partial charge in [0.1, 0.15) is 0 Å². The quantitative estimate of drug-likeness (QED) is 0.732. The number of aromatic nitrogens is 3. The lowest BCUT2D eigenvalue weighted by atomic mass is 9.81. The van der Waals surface area contributed by atoms with E-state index in [1.165, 1.54) is 0 Å².